The van der Waals surface area contributed by atoms with Crippen molar-refractivity contribution in [3.8, 4) is 23.1 Å². The number of hydrogen-bond donors (Lipinski definition) is 1. The van der Waals surface area contributed by atoms with Gasteiger partial charge in [0.25, 0.3) is 5.56 Å². The lowest BCUT2D eigenvalue weighted by atomic mass is 10.00. The van der Waals surface area contributed by atoms with Crippen LogP contribution in [0.25, 0.3) is 11.3 Å². The molecule has 2 aromatic rings. The van der Waals surface area contributed by atoms with Crippen LogP contribution in [-0.2, 0) is 6.54 Å². The molecule has 3 rings (SSSR count). The Morgan fingerprint density at radius 3 is 2.67 bits per heavy atom. The molecule has 0 aliphatic carbocycles. The van der Waals surface area contributed by atoms with E-state index >= 15 is 0 Å². The summed E-state index contributed by atoms with van der Waals surface area (Å²) in [6, 6.07) is 7.76. The number of H-pyrrole nitrogens is 1. The van der Waals surface area contributed by atoms with Gasteiger partial charge in [0.05, 0.1) is 12.8 Å². The lowest BCUT2D eigenvalue weighted by Gasteiger charge is -2.22. The highest BCUT2D eigenvalue weighted by Gasteiger charge is 2.19. The second-order valence-electron chi connectivity index (χ2n) is 6.62. The number of thioether (sulfide) groups is 1. The quantitative estimate of drug-likeness (QED) is 0.628. The van der Waals surface area contributed by atoms with Gasteiger partial charge in [0, 0.05) is 12.1 Å². The minimum Gasteiger partial charge on any atom is -0.497 e. The third kappa shape index (κ3) is 4.52. The van der Waals surface area contributed by atoms with E-state index in [0.29, 0.717) is 10.9 Å². The fraction of sp³-hybridized carbons (Fsp3) is 0.450. The van der Waals surface area contributed by atoms with Gasteiger partial charge in [-0.3, -0.25) is 9.69 Å². The summed E-state index contributed by atoms with van der Waals surface area (Å²) in [5.41, 5.74) is 1.94. The van der Waals surface area contributed by atoms with Crippen LogP contribution in [0.1, 0.15) is 36.8 Å². The van der Waals surface area contributed by atoms with Crippen LogP contribution in [0.4, 0.5) is 0 Å². The van der Waals surface area contributed by atoms with Gasteiger partial charge in [-0.15, -0.1) is 0 Å². The van der Waals surface area contributed by atoms with Crippen LogP contribution in [0.15, 0.2) is 28.2 Å². The van der Waals surface area contributed by atoms with Crippen molar-refractivity contribution in [2.24, 2.45) is 0 Å². The number of aromatic nitrogens is 2. The molecule has 142 valence electrons. The van der Waals surface area contributed by atoms with Gasteiger partial charge in [-0.05, 0) is 55.9 Å². The Kier molecular flexibility index (Phi) is 6.54. The molecule has 27 heavy (non-hydrogen) atoms. The molecule has 0 amide bonds. The average molecular weight is 385 g/mol. The predicted molar refractivity (Wildman–Crippen MR) is 107 cm³/mol. The fourth-order valence-electron chi connectivity index (χ4n) is 3.44. The van der Waals surface area contributed by atoms with Gasteiger partial charge in [-0.2, -0.15) is 5.26 Å². The molecule has 1 aromatic carbocycles. The zero-order valence-corrected chi connectivity index (χ0v) is 16.6. The maximum absolute atomic E-state index is 12.3. The molecule has 0 spiro atoms. The first-order valence-corrected chi connectivity index (χ1v) is 10.4. The normalized spacial score (nSPS) is 15.1. The smallest absolute Gasteiger partial charge is 0.270 e. The number of nitrogens with one attached hydrogen (secondary N) is 1. The Hall–Kier alpha value is -2.30. The molecule has 1 fully saturated rings. The lowest BCUT2D eigenvalue weighted by Crippen LogP contribution is -2.24. The van der Waals surface area contributed by atoms with E-state index in [-0.39, 0.29) is 5.56 Å². The van der Waals surface area contributed by atoms with Gasteiger partial charge in [-0.1, -0.05) is 24.6 Å². The second-order valence-corrected chi connectivity index (χ2v) is 7.42. The summed E-state index contributed by atoms with van der Waals surface area (Å²) in [6.07, 6.45) is 6.78. The molecule has 1 N–H and O–H groups in total. The number of benzene rings is 1. The van der Waals surface area contributed by atoms with Gasteiger partial charge in [0.15, 0.2) is 5.16 Å². The molecule has 1 saturated heterocycles. The first-order chi connectivity index (χ1) is 13.2. The van der Waals surface area contributed by atoms with Crippen molar-refractivity contribution in [1.29, 1.82) is 5.26 Å². The van der Waals surface area contributed by atoms with E-state index in [1.54, 1.807) is 7.11 Å². The van der Waals surface area contributed by atoms with Crippen LogP contribution in [0.3, 0.4) is 0 Å². The summed E-state index contributed by atoms with van der Waals surface area (Å²) < 4.78 is 5.41. The molecule has 1 aliphatic rings. The molecule has 2 heterocycles. The molecular formula is C20H24N4O2S. The standard InChI is InChI=1S/C20H24N4O2S/c1-26-15-7-8-16(14(11-15)13-24-9-5-3-4-6-10-24)18-17(12-21)19(25)23-20(22-18)27-2/h7-8,11H,3-6,9-10,13H2,1-2H3,(H,22,23,25). The molecule has 0 unspecified atom stereocenters. The number of aromatic amines is 1. The summed E-state index contributed by atoms with van der Waals surface area (Å²) in [5, 5.41) is 10.0. The van der Waals surface area contributed by atoms with Gasteiger partial charge < -0.3 is 9.72 Å². The molecular weight excluding hydrogens is 360 g/mol. The SMILES string of the molecule is COc1ccc(-c2nc(SC)[nH]c(=O)c2C#N)c(CN2CCCCCC2)c1. The molecule has 0 atom stereocenters. The first-order valence-electron chi connectivity index (χ1n) is 9.14. The predicted octanol–water partition coefficient (Wildman–Crippen LogP) is 3.42. The van der Waals surface area contributed by atoms with E-state index in [9.17, 15) is 10.1 Å². The number of nitrogens with zero attached hydrogens (tertiary/aromatic N) is 3. The van der Waals surface area contributed by atoms with Crippen LogP contribution in [0.2, 0.25) is 0 Å². The first kappa shape index (κ1) is 19.5. The number of likely N-dealkylation sites (tertiary alicyclic amines) is 1. The van der Waals surface area contributed by atoms with Crippen LogP contribution in [0.5, 0.6) is 5.75 Å². The van der Waals surface area contributed by atoms with E-state index in [2.05, 4.69) is 14.9 Å². The minimum atomic E-state index is -0.400. The minimum absolute atomic E-state index is 0.0510. The van der Waals surface area contributed by atoms with Crippen molar-refractivity contribution in [2.45, 2.75) is 37.4 Å². The Balaban J connectivity index is 2.09. The maximum Gasteiger partial charge on any atom is 0.270 e. The number of ether oxygens (including phenoxy) is 1. The second kappa shape index (κ2) is 9.07. The largest absolute Gasteiger partial charge is 0.497 e. The molecule has 1 aromatic heterocycles. The zero-order valence-electron chi connectivity index (χ0n) is 15.7. The Morgan fingerprint density at radius 1 is 1.30 bits per heavy atom. The number of methoxy groups -OCH3 is 1. The summed E-state index contributed by atoms with van der Waals surface area (Å²) in [7, 11) is 1.64. The molecule has 6 nitrogen and oxygen atoms in total. The summed E-state index contributed by atoms with van der Waals surface area (Å²) in [4.78, 5) is 22.0. The van der Waals surface area contributed by atoms with E-state index < -0.39 is 5.56 Å². The molecule has 1 aliphatic heterocycles. The van der Waals surface area contributed by atoms with Crippen LogP contribution < -0.4 is 10.3 Å². The highest BCUT2D eigenvalue weighted by Crippen LogP contribution is 2.30. The third-order valence-corrected chi connectivity index (χ3v) is 5.44. The van der Waals surface area contributed by atoms with Crippen molar-refractivity contribution in [2.75, 3.05) is 26.5 Å². The van der Waals surface area contributed by atoms with Gasteiger partial charge >= 0.3 is 0 Å². The fourth-order valence-corrected chi connectivity index (χ4v) is 3.82. The maximum atomic E-state index is 12.3. The lowest BCUT2D eigenvalue weighted by molar-refractivity contribution is 0.277. The summed E-state index contributed by atoms with van der Waals surface area (Å²) in [6.45, 7) is 2.86. The molecule has 0 bridgehead atoms. The zero-order chi connectivity index (χ0) is 19.2. The van der Waals surface area contributed by atoms with Crippen molar-refractivity contribution in [3.05, 3.63) is 39.7 Å². The number of nitriles is 1. The van der Waals surface area contributed by atoms with Crippen molar-refractivity contribution < 1.29 is 4.74 Å². The highest BCUT2D eigenvalue weighted by molar-refractivity contribution is 7.98. The molecule has 7 heteroatoms. The highest BCUT2D eigenvalue weighted by atomic mass is 32.2. The van der Waals surface area contributed by atoms with Crippen molar-refractivity contribution in [1.82, 2.24) is 14.9 Å². The van der Waals surface area contributed by atoms with Gasteiger partial charge in [0.2, 0.25) is 0 Å². The van der Waals surface area contributed by atoms with E-state index in [0.717, 1.165) is 36.5 Å². The van der Waals surface area contributed by atoms with Crippen LogP contribution in [0, 0.1) is 11.3 Å². The van der Waals surface area contributed by atoms with Crippen LogP contribution in [-0.4, -0.2) is 41.3 Å². The molecule has 0 radical (unpaired) electrons. The Morgan fingerprint density at radius 2 is 2.04 bits per heavy atom. The Bertz CT molecular complexity index is 896. The van der Waals surface area contributed by atoms with E-state index in [1.165, 1.54) is 37.4 Å². The van der Waals surface area contributed by atoms with E-state index in [4.69, 9.17) is 4.74 Å². The monoisotopic (exact) mass is 384 g/mol. The Labute approximate surface area is 163 Å². The van der Waals surface area contributed by atoms with Crippen molar-refractivity contribution in [3.63, 3.8) is 0 Å². The number of hydrogen-bond acceptors (Lipinski definition) is 6. The van der Waals surface area contributed by atoms with Crippen molar-refractivity contribution >= 4 is 11.8 Å². The summed E-state index contributed by atoms with van der Waals surface area (Å²) in [5.74, 6) is 0.761. The average Bonchev–Trinajstić information content (AvgIpc) is 2.96. The topological polar surface area (TPSA) is 82.0 Å². The third-order valence-electron chi connectivity index (χ3n) is 4.86. The van der Waals surface area contributed by atoms with E-state index in [1.807, 2.05) is 30.5 Å². The number of rotatable bonds is 5. The molecule has 0 saturated carbocycles. The van der Waals surface area contributed by atoms with Gasteiger partial charge in [0.1, 0.15) is 17.4 Å². The van der Waals surface area contributed by atoms with Gasteiger partial charge in [-0.25, -0.2) is 4.98 Å². The summed E-state index contributed by atoms with van der Waals surface area (Å²) >= 11 is 1.35. The van der Waals surface area contributed by atoms with Crippen LogP contribution >= 0.6 is 11.8 Å².